The zero-order valence-corrected chi connectivity index (χ0v) is 12.4. The highest BCUT2D eigenvalue weighted by Crippen LogP contribution is 2.26. The Bertz CT molecular complexity index is 752. The van der Waals surface area contributed by atoms with Crippen molar-refractivity contribution in [3.63, 3.8) is 0 Å². The Balaban J connectivity index is 2.09. The van der Waals surface area contributed by atoms with E-state index < -0.39 is 0 Å². The lowest BCUT2D eigenvalue weighted by Gasteiger charge is -2.20. The van der Waals surface area contributed by atoms with Gasteiger partial charge < -0.3 is 5.32 Å². The molecule has 0 aliphatic rings. The molecule has 1 unspecified atom stereocenters. The maximum absolute atomic E-state index is 4.45. The van der Waals surface area contributed by atoms with Gasteiger partial charge in [0.25, 0.3) is 0 Å². The lowest BCUT2D eigenvalue weighted by atomic mass is 9.94. The Morgan fingerprint density at radius 2 is 2.05 bits per heavy atom. The van der Waals surface area contributed by atoms with Crippen molar-refractivity contribution < 1.29 is 0 Å². The molecule has 0 bridgehead atoms. The molecule has 0 radical (unpaired) electrons. The number of pyridine rings is 2. The molecule has 1 atom stereocenters. The third-order valence-corrected chi connectivity index (χ3v) is 3.89. The predicted octanol–water partition coefficient (Wildman–Crippen LogP) is 3.50. The number of nitrogens with one attached hydrogen (secondary N) is 1. The molecule has 1 aromatic carbocycles. The van der Waals surface area contributed by atoms with Gasteiger partial charge in [-0.3, -0.25) is 9.97 Å². The van der Waals surface area contributed by atoms with E-state index in [4.69, 9.17) is 0 Å². The van der Waals surface area contributed by atoms with E-state index in [-0.39, 0.29) is 6.04 Å². The van der Waals surface area contributed by atoms with Crippen LogP contribution >= 0.6 is 0 Å². The van der Waals surface area contributed by atoms with Crippen molar-refractivity contribution in [2.24, 2.45) is 0 Å². The molecule has 0 saturated heterocycles. The molecule has 1 N–H and O–H groups in total. The lowest BCUT2D eigenvalue weighted by Crippen LogP contribution is -2.19. The van der Waals surface area contributed by atoms with Gasteiger partial charge in [-0.2, -0.15) is 0 Å². The second-order valence-electron chi connectivity index (χ2n) is 5.11. The second-order valence-corrected chi connectivity index (χ2v) is 5.11. The SMILES string of the molecule is CCc1cnccc1C(NC)c1ccc2cccnc2c1. The summed E-state index contributed by atoms with van der Waals surface area (Å²) in [5, 5.41) is 4.59. The third-order valence-electron chi connectivity index (χ3n) is 3.89. The summed E-state index contributed by atoms with van der Waals surface area (Å²) in [6.45, 7) is 2.16. The minimum Gasteiger partial charge on any atom is -0.309 e. The molecule has 2 aromatic heterocycles. The summed E-state index contributed by atoms with van der Waals surface area (Å²) in [5.41, 5.74) is 4.82. The van der Waals surface area contributed by atoms with E-state index in [9.17, 15) is 0 Å². The average Bonchev–Trinajstić information content (AvgIpc) is 2.56. The van der Waals surface area contributed by atoms with Gasteiger partial charge in [0.2, 0.25) is 0 Å². The van der Waals surface area contributed by atoms with E-state index in [0.717, 1.165) is 11.9 Å². The molecular formula is C18H19N3. The van der Waals surface area contributed by atoms with Crippen LogP contribution in [0.2, 0.25) is 0 Å². The minimum absolute atomic E-state index is 0.161. The van der Waals surface area contributed by atoms with Gasteiger partial charge in [-0.1, -0.05) is 25.1 Å². The van der Waals surface area contributed by atoms with Gasteiger partial charge >= 0.3 is 0 Å². The number of aryl methyl sites for hydroxylation is 1. The molecule has 2 heterocycles. The summed E-state index contributed by atoms with van der Waals surface area (Å²) in [6.07, 6.45) is 6.63. The fourth-order valence-corrected chi connectivity index (χ4v) is 2.78. The summed E-state index contributed by atoms with van der Waals surface area (Å²) in [4.78, 5) is 8.69. The number of hydrogen-bond acceptors (Lipinski definition) is 3. The van der Waals surface area contributed by atoms with Crippen LogP contribution in [0.4, 0.5) is 0 Å². The Morgan fingerprint density at radius 3 is 2.86 bits per heavy atom. The van der Waals surface area contributed by atoms with Crippen molar-refractivity contribution in [2.75, 3.05) is 7.05 Å². The van der Waals surface area contributed by atoms with Gasteiger partial charge in [-0.15, -0.1) is 0 Å². The molecule has 0 fully saturated rings. The van der Waals surface area contributed by atoms with Crippen LogP contribution in [-0.4, -0.2) is 17.0 Å². The van der Waals surface area contributed by atoms with Crippen LogP contribution in [0.25, 0.3) is 10.9 Å². The number of aromatic nitrogens is 2. The number of rotatable bonds is 4. The van der Waals surface area contributed by atoms with Crippen LogP contribution in [0.5, 0.6) is 0 Å². The molecule has 0 saturated carbocycles. The van der Waals surface area contributed by atoms with Crippen LogP contribution < -0.4 is 5.32 Å². The highest BCUT2D eigenvalue weighted by Gasteiger charge is 2.15. The first kappa shape index (κ1) is 13.7. The highest BCUT2D eigenvalue weighted by atomic mass is 14.9. The third kappa shape index (κ3) is 2.65. The summed E-state index contributed by atoms with van der Waals surface area (Å²) in [6, 6.07) is 12.8. The van der Waals surface area contributed by atoms with E-state index in [1.165, 1.54) is 22.1 Å². The maximum atomic E-state index is 4.45. The maximum Gasteiger partial charge on any atom is 0.0705 e. The van der Waals surface area contributed by atoms with E-state index in [1.807, 2.05) is 31.7 Å². The van der Waals surface area contributed by atoms with Gasteiger partial charge in [0.1, 0.15) is 0 Å². The molecule has 3 aromatic rings. The normalized spacial score (nSPS) is 12.5. The quantitative estimate of drug-likeness (QED) is 0.793. The van der Waals surface area contributed by atoms with E-state index in [0.29, 0.717) is 0 Å². The fourth-order valence-electron chi connectivity index (χ4n) is 2.78. The summed E-state index contributed by atoms with van der Waals surface area (Å²) in [7, 11) is 1.99. The summed E-state index contributed by atoms with van der Waals surface area (Å²) < 4.78 is 0. The first-order chi connectivity index (χ1) is 10.3. The molecule has 0 aliphatic carbocycles. The smallest absolute Gasteiger partial charge is 0.0705 e. The second kappa shape index (κ2) is 6.02. The van der Waals surface area contributed by atoms with Gasteiger partial charge in [0.15, 0.2) is 0 Å². The first-order valence-electron chi connectivity index (χ1n) is 7.28. The molecule has 106 valence electrons. The van der Waals surface area contributed by atoms with Crippen molar-refractivity contribution in [3.8, 4) is 0 Å². The number of fused-ring (bicyclic) bond motifs is 1. The molecular weight excluding hydrogens is 258 g/mol. The molecule has 3 rings (SSSR count). The van der Waals surface area contributed by atoms with E-state index in [2.05, 4.69) is 52.5 Å². The van der Waals surface area contributed by atoms with Crippen molar-refractivity contribution in [3.05, 3.63) is 71.7 Å². The Kier molecular flexibility index (Phi) is 3.93. The largest absolute Gasteiger partial charge is 0.309 e. The highest BCUT2D eigenvalue weighted by molar-refractivity contribution is 5.79. The van der Waals surface area contributed by atoms with Crippen LogP contribution in [0.3, 0.4) is 0 Å². The molecule has 0 aliphatic heterocycles. The fraction of sp³-hybridized carbons (Fsp3) is 0.222. The first-order valence-corrected chi connectivity index (χ1v) is 7.28. The monoisotopic (exact) mass is 277 g/mol. The van der Waals surface area contributed by atoms with Crippen LogP contribution in [0.15, 0.2) is 55.0 Å². The lowest BCUT2D eigenvalue weighted by molar-refractivity contribution is 0.683. The number of nitrogens with zero attached hydrogens (tertiary/aromatic N) is 2. The van der Waals surface area contributed by atoms with Crippen molar-refractivity contribution in [1.82, 2.24) is 15.3 Å². The van der Waals surface area contributed by atoms with E-state index in [1.54, 1.807) is 0 Å². The zero-order valence-electron chi connectivity index (χ0n) is 12.4. The average molecular weight is 277 g/mol. The zero-order chi connectivity index (χ0) is 14.7. The van der Waals surface area contributed by atoms with Crippen molar-refractivity contribution in [1.29, 1.82) is 0 Å². The topological polar surface area (TPSA) is 37.8 Å². The molecule has 0 amide bonds. The van der Waals surface area contributed by atoms with Gasteiger partial charge in [0, 0.05) is 24.0 Å². The number of hydrogen-bond donors (Lipinski definition) is 1. The van der Waals surface area contributed by atoms with Crippen LogP contribution in [0.1, 0.15) is 29.7 Å². The van der Waals surface area contributed by atoms with Crippen molar-refractivity contribution in [2.45, 2.75) is 19.4 Å². The van der Waals surface area contributed by atoms with Gasteiger partial charge in [-0.25, -0.2) is 0 Å². The summed E-state index contributed by atoms with van der Waals surface area (Å²) >= 11 is 0. The molecule has 0 spiro atoms. The van der Waals surface area contributed by atoms with Gasteiger partial charge in [-0.05, 0) is 48.4 Å². The number of benzene rings is 1. The Morgan fingerprint density at radius 1 is 1.14 bits per heavy atom. The molecule has 3 heteroatoms. The van der Waals surface area contributed by atoms with Crippen LogP contribution in [-0.2, 0) is 6.42 Å². The predicted molar refractivity (Wildman–Crippen MR) is 86.3 cm³/mol. The minimum atomic E-state index is 0.161. The van der Waals surface area contributed by atoms with Gasteiger partial charge in [0.05, 0.1) is 11.6 Å². The van der Waals surface area contributed by atoms with Crippen molar-refractivity contribution >= 4 is 10.9 Å². The molecule has 21 heavy (non-hydrogen) atoms. The Labute approximate surface area is 125 Å². The molecule has 3 nitrogen and oxygen atoms in total. The van der Waals surface area contributed by atoms with E-state index >= 15 is 0 Å². The standard InChI is InChI=1S/C18H19N3/c1-3-13-12-20-10-8-16(13)18(19-2)15-7-6-14-5-4-9-21-17(14)11-15/h4-12,18-19H,3H2,1-2H3. The summed E-state index contributed by atoms with van der Waals surface area (Å²) in [5.74, 6) is 0. The Hall–Kier alpha value is -2.26. The van der Waals surface area contributed by atoms with Crippen LogP contribution in [0, 0.1) is 0 Å².